The Kier molecular flexibility index (Phi) is 4.71. The van der Waals surface area contributed by atoms with Crippen molar-refractivity contribution in [3.05, 3.63) is 0 Å². The Labute approximate surface area is 88.3 Å². The van der Waals surface area contributed by atoms with Crippen LogP contribution in [-0.4, -0.2) is 57.8 Å². The number of β-amino-alcohol motifs (C(OH)–C–C–N with tert-alkyl or cyclic N) is 1. The molecule has 2 N–H and O–H groups in total. The predicted molar refractivity (Wildman–Crippen MR) is 56.6 cm³/mol. The van der Waals surface area contributed by atoms with Gasteiger partial charge < -0.3 is 10.2 Å². The van der Waals surface area contributed by atoms with Gasteiger partial charge in [-0.3, -0.25) is 9.69 Å². The van der Waals surface area contributed by atoms with Crippen molar-refractivity contribution < 1.29 is 15.0 Å². The summed E-state index contributed by atoms with van der Waals surface area (Å²) in [5, 5.41) is 18.0. The van der Waals surface area contributed by atoms with E-state index in [4.69, 9.17) is 5.11 Å². The number of aliphatic hydroxyl groups excluding tert-OH is 1. The van der Waals surface area contributed by atoms with Crippen molar-refractivity contribution in [2.24, 2.45) is 0 Å². The molecule has 0 bridgehead atoms. The Hall–Kier alpha value is -0.260. The normalized spacial score (nSPS) is 26.0. The molecule has 0 radical (unpaired) electrons. The number of carbonyl (C=O) groups is 1. The maximum atomic E-state index is 10.6. The zero-order valence-corrected chi connectivity index (χ0v) is 9.16. The summed E-state index contributed by atoms with van der Waals surface area (Å²) < 4.78 is 0. The fraction of sp³-hybridized carbons (Fsp3) is 0.889. The van der Waals surface area contributed by atoms with Gasteiger partial charge in [0.2, 0.25) is 0 Å². The van der Waals surface area contributed by atoms with Crippen molar-refractivity contribution in [3.63, 3.8) is 0 Å². The van der Waals surface area contributed by atoms with Crippen LogP contribution in [0.2, 0.25) is 0 Å². The molecule has 0 aromatic heterocycles. The Morgan fingerprint density at radius 3 is 3.00 bits per heavy atom. The van der Waals surface area contributed by atoms with Crippen LogP contribution in [0.15, 0.2) is 0 Å². The fourth-order valence-corrected chi connectivity index (χ4v) is 2.79. The molecule has 82 valence electrons. The minimum Gasteiger partial charge on any atom is -0.481 e. The quantitative estimate of drug-likeness (QED) is 0.710. The molecule has 4 nitrogen and oxygen atoms in total. The summed E-state index contributed by atoms with van der Waals surface area (Å²) in [5.74, 6) is 1.13. The summed E-state index contributed by atoms with van der Waals surface area (Å²) in [7, 11) is 0. The van der Waals surface area contributed by atoms with Crippen LogP contribution in [0.4, 0.5) is 0 Å². The lowest BCUT2D eigenvalue weighted by atomic mass is 10.2. The monoisotopic (exact) mass is 219 g/mol. The molecule has 0 spiro atoms. The molecule has 2 atom stereocenters. The predicted octanol–water partition coefficient (Wildman–Crippen LogP) is 0.259. The average molecular weight is 219 g/mol. The van der Waals surface area contributed by atoms with Crippen LogP contribution >= 0.6 is 11.8 Å². The third kappa shape index (κ3) is 3.86. The molecule has 14 heavy (non-hydrogen) atoms. The molecule has 0 aromatic rings. The first-order valence-electron chi connectivity index (χ1n) is 4.81. The smallest absolute Gasteiger partial charge is 0.304 e. The number of thioether (sulfide) groups is 1. The Morgan fingerprint density at radius 1 is 1.71 bits per heavy atom. The van der Waals surface area contributed by atoms with Gasteiger partial charge in [0, 0.05) is 30.6 Å². The van der Waals surface area contributed by atoms with Crippen LogP contribution in [0.1, 0.15) is 13.3 Å². The highest BCUT2D eigenvalue weighted by Crippen LogP contribution is 2.19. The van der Waals surface area contributed by atoms with E-state index in [1.165, 1.54) is 0 Å². The molecule has 0 amide bonds. The molecule has 0 aromatic carbocycles. The van der Waals surface area contributed by atoms with Crippen molar-refractivity contribution in [1.82, 2.24) is 4.90 Å². The Balaban J connectivity index is 2.45. The first-order chi connectivity index (χ1) is 6.59. The molecule has 0 saturated carbocycles. The van der Waals surface area contributed by atoms with Gasteiger partial charge in [0.25, 0.3) is 0 Å². The molecule has 1 aliphatic rings. The lowest BCUT2D eigenvalue weighted by molar-refractivity contribution is -0.138. The van der Waals surface area contributed by atoms with Crippen molar-refractivity contribution in [3.8, 4) is 0 Å². The van der Waals surface area contributed by atoms with Gasteiger partial charge in [0.1, 0.15) is 0 Å². The number of hydrogen-bond acceptors (Lipinski definition) is 4. The van der Waals surface area contributed by atoms with E-state index in [1.807, 2.05) is 0 Å². The molecule has 1 rings (SSSR count). The van der Waals surface area contributed by atoms with Crippen LogP contribution in [-0.2, 0) is 4.79 Å². The lowest BCUT2D eigenvalue weighted by Crippen LogP contribution is -2.46. The SMILES string of the molecule is CC(O)CN1CCSCC1CC(=O)O. The third-order valence-electron chi connectivity index (χ3n) is 2.26. The zero-order valence-electron chi connectivity index (χ0n) is 8.35. The van der Waals surface area contributed by atoms with E-state index in [0.29, 0.717) is 6.54 Å². The number of aliphatic carboxylic acids is 1. The second kappa shape index (κ2) is 5.58. The summed E-state index contributed by atoms with van der Waals surface area (Å²) in [6.45, 7) is 3.20. The van der Waals surface area contributed by atoms with Crippen molar-refractivity contribution >= 4 is 17.7 Å². The summed E-state index contributed by atoms with van der Waals surface area (Å²) in [5.41, 5.74) is 0. The summed E-state index contributed by atoms with van der Waals surface area (Å²) in [6, 6.07) is 0.0841. The van der Waals surface area contributed by atoms with Crippen LogP contribution in [0, 0.1) is 0 Å². The first kappa shape index (κ1) is 11.8. The minimum absolute atomic E-state index is 0.0841. The van der Waals surface area contributed by atoms with E-state index in [0.717, 1.165) is 18.1 Å². The Bertz CT molecular complexity index is 198. The number of nitrogens with zero attached hydrogens (tertiary/aromatic N) is 1. The van der Waals surface area contributed by atoms with Gasteiger partial charge in [-0.05, 0) is 6.92 Å². The van der Waals surface area contributed by atoms with E-state index in [-0.39, 0.29) is 18.6 Å². The summed E-state index contributed by atoms with van der Waals surface area (Å²) in [6.07, 6.45) is -0.200. The van der Waals surface area contributed by atoms with Crippen molar-refractivity contribution in [1.29, 1.82) is 0 Å². The van der Waals surface area contributed by atoms with E-state index < -0.39 is 5.97 Å². The highest BCUT2D eigenvalue weighted by atomic mass is 32.2. The van der Waals surface area contributed by atoms with Gasteiger partial charge >= 0.3 is 5.97 Å². The number of carboxylic acids is 1. The topological polar surface area (TPSA) is 60.8 Å². The number of aliphatic hydroxyl groups is 1. The molecule has 1 heterocycles. The number of rotatable bonds is 4. The van der Waals surface area contributed by atoms with Crippen molar-refractivity contribution in [2.45, 2.75) is 25.5 Å². The molecule has 5 heteroatoms. The van der Waals surface area contributed by atoms with Crippen LogP contribution in [0.3, 0.4) is 0 Å². The van der Waals surface area contributed by atoms with Crippen molar-refractivity contribution in [2.75, 3.05) is 24.6 Å². The molecule has 0 aliphatic carbocycles. The van der Waals surface area contributed by atoms with Gasteiger partial charge in [0.05, 0.1) is 12.5 Å². The largest absolute Gasteiger partial charge is 0.481 e. The summed E-state index contributed by atoms with van der Waals surface area (Å²) in [4.78, 5) is 12.7. The third-order valence-corrected chi connectivity index (χ3v) is 3.35. The van der Waals surface area contributed by atoms with E-state index >= 15 is 0 Å². The van der Waals surface area contributed by atoms with Crippen LogP contribution < -0.4 is 0 Å². The van der Waals surface area contributed by atoms with E-state index in [1.54, 1.807) is 18.7 Å². The molecule has 1 saturated heterocycles. The maximum Gasteiger partial charge on any atom is 0.304 e. The second-order valence-electron chi connectivity index (χ2n) is 3.67. The van der Waals surface area contributed by atoms with Gasteiger partial charge in [-0.1, -0.05) is 0 Å². The number of carboxylic acid groups (broad SMARTS) is 1. The first-order valence-corrected chi connectivity index (χ1v) is 5.96. The maximum absolute atomic E-state index is 10.6. The highest BCUT2D eigenvalue weighted by Gasteiger charge is 2.25. The van der Waals surface area contributed by atoms with Gasteiger partial charge in [-0.15, -0.1) is 0 Å². The van der Waals surface area contributed by atoms with Crippen LogP contribution in [0.5, 0.6) is 0 Å². The standard InChI is InChI=1S/C9H17NO3S/c1-7(11)5-10-2-3-14-6-8(10)4-9(12)13/h7-8,11H,2-6H2,1H3,(H,12,13). The minimum atomic E-state index is -0.756. The van der Waals surface area contributed by atoms with Crippen LogP contribution in [0.25, 0.3) is 0 Å². The molecular formula is C9H17NO3S. The molecular weight excluding hydrogens is 202 g/mol. The second-order valence-corrected chi connectivity index (χ2v) is 4.82. The van der Waals surface area contributed by atoms with Gasteiger partial charge in [-0.25, -0.2) is 0 Å². The molecule has 1 fully saturated rings. The molecule has 1 aliphatic heterocycles. The van der Waals surface area contributed by atoms with Gasteiger partial charge in [0.15, 0.2) is 0 Å². The van der Waals surface area contributed by atoms with E-state index in [9.17, 15) is 9.90 Å². The van der Waals surface area contributed by atoms with Gasteiger partial charge in [-0.2, -0.15) is 11.8 Å². The average Bonchev–Trinajstić information content (AvgIpc) is 2.06. The lowest BCUT2D eigenvalue weighted by Gasteiger charge is -2.35. The Morgan fingerprint density at radius 2 is 2.43 bits per heavy atom. The number of hydrogen-bond donors (Lipinski definition) is 2. The highest BCUT2D eigenvalue weighted by molar-refractivity contribution is 7.99. The van der Waals surface area contributed by atoms with E-state index in [2.05, 4.69) is 4.90 Å². The fourth-order valence-electron chi connectivity index (χ4n) is 1.66. The zero-order chi connectivity index (χ0) is 10.6. The molecule has 2 unspecified atom stereocenters. The summed E-state index contributed by atoms with van der Waals surface area (Å²) >= 11 is 1.79.